The van der Waals surface area contributed by atoms with E-state index in [1.54, 1.807) is 19.2 Å². The minimum Gasteiger partial charge on any atom is -0.380 e. The lowest BCUT2D eigenvalue weighted by molar-refractivity contribution is 0.239. The van der Waals surface area contributed by atoms with Crippen LogP contribution >= 0.6 is 0 Å². The molecule has 84 valence electrons. The quantitative estimate of drug-likeness (QED) is 0.735. The van der Waals surface area contributed by atoms with Crippen molar-refractivity contribution in [2.75, 3.05) is 13.7 Å². The van der Waals surface area contributed by atoms with Crippen LogP contribution in [0.4, 0.5) is 4.39 Å². The summed E-state index contributed by atoms with van der Waals surface area (Å²) in [6.45, 7) is 6.50. The number of allylic oxidation sites excluding steroid dienone is 1. The van der Waals surface area contributed by atoms with Gasteiger partial charge in [0.2, 0.25) is 0 Å². The van der Waals surface area contributed by atoms with Crippen molar-refractivity contribution in [2.45, 2.75) is 20.8 Å². The summed E-state index contributed by atoms with van der Waals surface area (Å²) in [5.74, 6) is -0.211. The Morgan fingerprint density at radius 1 is 1.27 bits per heavy atom. The predicted octanol–water partition coefficient (Wildman–Crippen LogP) is 3.90. The highest BCUT2D eigenvalue weighted by atomic mass is 19.1. The van der Waals surface area contributed by atoms with Crippen molar-refractivity contribution in [1.82, 2.24) is 0 Å². The fraction of sp³-hybridized carbons (Fsp3) is 0.385. The minimum absolute atomic E-state index is 0.211. The molecule has 0 amide bonds. The molecule has 1 aromatic rings. The van der Waals surface area contributed by atoms with E-state index in [2.05, 4.69) is 0 Å². The summed E-state index contributed by atoms with van der Waals surface area (Å²) in [6.07, 6.45) is 1.97. The molecule has 1 aromatic carbocycles. The van der Waals surface area contributed by atoms with Crippen molar-refractivity contribution in [3.05, 3.63) is 41.7 Å². The number of halogens is 1. The lowest BCUT2D eigenvalue weighted by Crippen LogP contribution is -1.93. The number of benzene rings is 1. The van der Waals surface area contributed by atoms with Gasteiger partial charge < -0.3 is 4.74 Å². The molecular formula is C13H19FO. The van der Waals surface area contributed by atoms with E-state index >= 15 is 0 Å². The van der Waals surface area contributed by atoms with Gasteiger partial charge in [-0.2, -0.15) is 0 Å². The van der Waals surface area contributed by atoms with Gasteiger partial charge in [-0.1, -0.05) is 32.1 Å². The van der Waals surface area contributed by atoms with E-state index in [4.69, 9.17) is 4.74 Å². The van der Waals surface area contributed by atoms with Crippen LogP contribution in [0.15, 0.2) is 30.3 Å². The van der Waals surface area contributed by atoms with Gasteiger partial charge in [0.05, 0.1) is 6.61 Å². The summed E-state index contributed by atoms with van der Waals surface area (Å²) >= 11 is 0. The summed E-state index contributed by atoms with van der Waals surface area (Å²) in [5.41, 5.74) is 2.08. The van der Waals surface area contributed by atoms with Crippen molar-refractivity contribution >= 4 is 5.57 Å². The molecule has 0 saturated carbocycles. The first kappa shape index (κ1) is 13.8. The molecule has 0 bridgehead atoms. The second-order valence-electron chi connectivity index (χ2n) is 2.75. The molecule has 0 unspecified atom stereocenters. The zero-order valence-electron chi connectivity index (χ0n) is 9.88. The number of hydrogen-bond donors (Lipinski definition) is 0. The van der Waals surface area contributed by atoms with Crippen LogP contribution in [0.25, 0.3) is 5.57 Å². The summed E-state index contributed by atoms with van der Waals surface area (Å²) < 4.78 is 17.6. The average Bonchev–Trinajstić information content (AvgIpc) is 2.30. The van der Waals surface area contributed by atoms with E-state index in [0.717, 1.165) is 11.1 Å². The number of ether oxygens (including phenoxy) is 1. The monoisotopic (exact) mass is 210 g/mol. The van der Waals surface area contributed by atoms with Crippen LogP contribution in [0.1, 0.15) is 26.3 Å². The summed E-state index contributed by atoms with van der Waals surface area (Å²) in [6, 6.07) is 6.41. The standard InChI is InChI=1S/C11H13FO.C2H6/c1-3-9(8-13-2)10-4-6-11(12)7-5-10;1-2/h3-7H,8H2,1-2H3;1-2H3/b9-3+;. The van der Waals surface area contributed by atoms with Crippen LogP contribution in [0.2, 0.25) is 0 Å². The predicted molar refractivity (Wildman–Crippen MR) is 63.3 cm³/mol. The molecule has 0 aliphatic heterocycles. The maximum Gasteiger partial charge on any atom is 0.123 e. The van der Waals surface area contributed by atoms with Gasteiger partial charge in [-0.05, 0) is 30.2 Å². The topological polar surface area (TPSA) is 9.23 Å². The molecule has 0 aliphatic carbocycles. The molecule has 0 fully saturated rings. The highest BCUT2D eigenvalue weighted by Crippen LogP contribution is 2.14. The first-order valence-electron chi connectivity index (χ1n) is 5.18. The maximum atomic E-state index is 12.6. The number of hydrogen-bond acceptors (Lipinski definition) is 1. The maximum absolute atomic E-state index is 12.6. The van der Waals surface area contributed by atoms with Crippen molar-refractivity contribution in [2.24, 2.45) is 0 Å². The van der Waals surface area contributed by atoms with E-state index in [9.17, 15) is 4.39 Å². The molecule has 1 rings (SSSR count). The third-order valence-corrected chi connectivity index (χ3v) is 1.86. The van der Waals surface area contributed by atoms with Gasteiger partial charge in [-0.3, -0.25) is 0 Å². The Morgan fingerprint density at radius 3 is 2.20 bits per heavy atom. The lowest BCUT2D eigenvalue weighted by atomic mass is 10.1. The van der Waals surface area contributed by atoms with Crippen LogP contribution in [0.5, 0.6) is 0 Å². The molecule has 0 aliphatic rings. The Hall–Kier alpha value is -1.15. The zero-order valence-corrected chi connectivity index (χ0v) is 9.88. The van der Waals surface area contributed by atoms with Crippen LogP contribution in [-0.2, 0) is 4.74 Å². The molecule has 0 atom stereocenters. The second kappa shape index (κ2) is 8.18. The zero-order chi connectivity index (χ0) is 11.7. The molecule has 0 aromatic heterocycles. The van der Waals surface area contributed by atoms with Crippen LogP contribution in [-0.4, -0.2) is 13.7 Å². The SMILES string of the molecule is C/C=C(\COC)c1ccc(F)cc1.CC. The van der Waals surface area contributed by atoms with Gasteiger partial charge in [-0.15, -0.1) is 0 Å². The Bertz CT molecular complexity index is 288. The van der Waals surface area contributed by atoms with E-state index in [-0.39, 0.29) is 5.82 Å². The largest absolute Gasteiger partial charge is 0.380 e. The van der Waals surface area contributed by atoms with Gasteiger partial charge in [0.15, 0.2) is 0 Å². The highest BCUT2D eigenvalue weighted by Gasteiger charge is 1.99. The Kier molecular flexibility index (Phi) is 7.56. The molecule has 0 N–H and O–H groups in total. The van der Waals surface area contributed by atoms with Gasteiger partial charge in [0.25, 0.3) is 0 Å². The van der Waals surface area contributed by atoms with Crippen LogP contribution in [0, 0.1) is 5.82 Å². The molecule has 0 saturated heterocycles. The molecule has 15 heavy (non-hydrogen) atoms. The van der Waals surface area contributed by atoms with E-state index in [1.807, 2.05) is 26.8 Å². The Morgan fingerprint density at radius 2 is 1.80 bits per heavy atom. The van der Waals surface area contributed by atoms with Crippen molar-refractivity contribution in [3.63, 3.8) is 0 Å². The summed E-state index contributed by atoms with van der Waals surface area (Å²) in [7, 11) is 1.65. The minimum atomic E-state index is -0.211. The number of rotatable bonds is 3. The van der Waals surface area contributed by atoms with Gasteiger partial charge in [0, 0.05) is 7.11 Å². The fourth-order valence-electron chi connectivity index (χ4n) is 1.15. The average molecular weight is 210 g/mol. The first-order chi connectivity index (χ1) is 7.27. The lowest BCUT2D eigenvalue weighted by Gasteiger charge is -2.05. The molecule has 2 heteroatoms. The first-order valence-corrected chi connectivity index (χ1v) is 5.18. The number of methoxy groups -OCH3 is 1. The smallest absolute Gasteiger partial charge is 0.123 e. The molecule has 1 nitrogen and oxygen atoms in total. The summed E-state index contributed by atoms with van der Waals surface area (Å²) in [5, 5.41) is 0. The fourth-order valence-corrected chi connectivity index (χ4v) is 1.15. The third-order valence-electron chi connectivity index (χ3n) is 1.86. The van der Waals surface area contributed by atoms with E-state index in [0.29, 0.717) is 6.61 Å². The van der Waals surface area contributed by atoms with Crippen LogP contribution < -0.4 is 0 Å². The van der Waals surface area contributed by atoms with Crippen molar-refractivity contribution in [1.29, 1.82) is 0 Å². The van der Waals surface area contributed by atoms with Crippen molar-refractivity contribution in [3.8, 4) is 0 Å². The van der Waals surface area contributed by atoms with Crippen LogP contribution in [0.3, 0.4) is 0 Å². The third kappa shape index (κ3) is 4.75. The normalized spacial score (nSPS) is 10.6. The van der Waals surface area contributed by atoms with Crippen molar-refractivity contribution < 1.29 is 9.13 Å². The Labute approximate surface area is 91.6 Å². The molecule has 0 heterocycles. The Balaban J connectivity index is 0.000000921. The molecular weight excluding hydrogens is 191 g/mol. The van der Waals surface area contributed by atoms with E-state index in [1.165, 1.54) is 12.1 Å². The highest BCUT2D eigenvalue weighted by molar-refractivity contribution is 5.65. The van der Waals surface area contributed by atoms with Gasteiger partial charge in [-0.25, -0.2) is 4.39 Å². The van der Waals surface area contributed by atoms with Gasteiger partial charge in [0.1, 0.15) is 5.82 Å². The second-order valence-corrected chi connectivity index (χ2v) is 2.75. The molecule has 0 spiro atoms. The van der Waals surface area contributed by atoms with E-state index < -0.39 is 0 Å². The van der Waals surface area contributed by atoms with Gasteiger partial charge >= 0.3 is 0 Å². The molecule has 0 radical (unpaired) electrons. The summed E-state index contributed by atoms with van der Waals surface area (Å²) in [4.78, 5) is 0.